The third-order valence-corrected chi connectivity index (χ3v) is 4.59. The van der Waals surface area contributed by atoms with Crippen molar-refractivity contribution in [2.24, 2.45) is 11.1 Å². The monoisotopic (exact) mass is 333 g/mol. The van der Waals surface area contributed by atoms with Crippen molar-refractivity contribution in [3.8, 4) is 0 Å². The molecule has 0 saturated carbocycles. The standard InChI is InChI=1S/C21H16ClNO/c22-19-12-5-4-11-17(19)20-18-14-13-16(21(18)24-23-20)10-6-9-15-7-2-1-3-8-15/h1-14,18,21H/b9-6+,16-10-/t18-,21-/m0/s1. The van der Waals surface area contributed by atoms with E-state index in [1.54, 1.807) is 0 Å². The molecule has 24 heavy (non-hydrogen) atoms. The predicted molar refractivity (Wildman–Crippen MR) is 99.1 cm³/mol. The number of hydrogen-bond donors (Lipinski definition) is 0. The number of halogens is 1. The number of allylic oxidation sites excluding steroid dienone is 2. The Kier molecular flexibility index (Phi) is 4.06. The van der Waals surface area contributed by atoms with Crippen LogP contribution in [0.4, 0.5) is 0 Å². The second-order valence-corrected chi connectivity index (χ2v) is 6.21. The first-order valence-electron chi connectivity index (χ1n) is 7.93. The second-order valence-electron chi connectivity index (χ2n) is 5.80. The maximum Gasteiger partial charge on any atom is 0.164 e. The summed E-state index contributed by atoms with van der Waals surface area (Å²) in [5.74, 6) is 0.126. The van der Waals surface area contributed by atoms with Crippen molar-refractivity contribution in [2.75, 3.05) is 0 Å². The minimum Gasteiger partial charge on any atom is -0.386 e. The van der Waals surface area contributed by atoms with Crippen molar-refractivity contribution in [1.29, 1.82) is 0 Å². The first-order chi connectivity index (χ1) is 11.8. The SMILES string of the molecule is Clc1ccccc1C1=NO[C@H]2/C(=C\C=C\c3ccccc3)C=C[C@@H]12. The molecule has 0 saturated heterocycles. The molecule has 1 aliphatic heterocycles. The van der Waals surface area contributed by atoms with E-state index < -0.39 is 0 Å². The molecule has 118 valence electrons. The summed E-state index contributed by atoms with van der Waals surface area (Å²) in [6.45, 7) is 0. The minimum absolute atomic E-state index is 0.0586. The third-order valence-electron chi connectivity index (χ3n) is 4.26. The van der Waals surface area contributed by atoms with Gasteiger partial charge in [0.25, 0.3) is 0 Å². The van der Waals surface area contributed by atoms with Crippen LogP contribution in [0.15, 0.2) is 89.6 Å². The van der Waals surface area contributed by atoms with Gasteiger partial charge in [0.05, 0.1) is 11.6 Å². The summed E-state index contributed by atoms with van der Waals surface area (Å²) in [6.07, 6.45) is 10.4. The summed E-state index contributed by atoms with van der Waals surface area (Å²) in [6, 6.07) is 18.0. The Morgan fingerprint density at radius 1 is 1.00 bits per heavy atom. The van der Waals surface area contributed by atoms with Crippen LogP contribution >= 0.6 is 11.6 Å². The van der Waals surface area contributed by atoms with Crippen molar-refractivity contribution < 1.29 is 4.84 Å². The summed E-state index contributed by atoms with van der Waals surface area (Å²) in [5, 5.41) is 4.99. The molecule has 2 aliphatic rings. The van der Waals surface area contributed by atoms with Gasteiger partial charge in [0.2, 0.25) is 0 Å². The van der Waals surface area contributed by atoms with Crippen molar-refractivity contribution in [1.82, 2.24) is 0 Å². The Morgan fingerprint density at radius 2 is 1.79 bits per heavy atom. The molecule has 2 atom stereocenters. The van der Waals surface area contributed by atoms with Crippen LogP contribution in [0.1, 0.15) is 11.1 Å². The van der Waals surface area contributed by atoms with E-state index in [1.807, 2.05) is 48.5 Å². The van der Waals surface area contributed by atoms with Gasteiger partial charge < -0.3 is 4.84 Å². The molecule has 1 heterocycles. The van der Waals surface area contributed by atoms with Crippen molar-refractivity contribution in [3.63, 3.8) is 0 Å². The molecule has 0 fully saturated rings. The number of benzene rings is 2. The molecule has 2 aromatic carbocycles. The third kappa shape index (κ3) is 2.81. The van der Waals surface area contributed by atoms with Crippen LogP contribution in [0.25, 0.3) is 6.08 Å². The Balaban J connectivity index is 1.52. The van der Waals surface area contributed by atoms with Crippen molar-refractivity contribution in [2.45, 2.75) is 6.10 Å². The summed E-state index contributed by atoms with van der Waals surface area (Å²) >= 11 is 6.30. The van der Waals surface area contributed by atoms with E-state index in [9.17, 15) is 0 Å². The molecule has 1 aliphatic carbocycles. The van der Waals surface area contributed by atoms with Gasteiger partial charge in [0.1, 0.15) is 0 Å². The van der Waals surface area contributed by atoms with Gasteiger partial charge >= 0.3 is 0 Å². The van der Waals surface area contributed by atoms with Crippen LogP contribution in [-0.2, 0) is 4.84 Å². The van der Waals surface area contributed by atoms with Crippen LogP contribution in [0.3, 0.4) is 0 Å². The van der Waals surface area contributed by atoms with E-state index in [1.165, 1.54) is 5.56 Å². The van der Waals surface area contributed by atoms with E-state index in [4.69, 9.17) is 16.4 Å². The fourth-order valence-corrected chi connectivity index (χ4v) is 3.27. The molecule has 0 radical (unpaired) electrons. The lowest BCUT2D eigenvalue weighted by Gasteiger charge is -2.10. The smallest absolute Gasteiger partial charge is 0.164 e. The van der Waals surface area contributed by atoms with Crippen molar-refractivity contribution >= 4 is 23.4 Å². The Morgan fingerprint density at radius 3 is 2.62 bits per heavy atom. The van der Waals surface area contributed by atoms with Gasteiger partial charge in [-0.3, -0.25) is 0 Å². The molecule has 0 amide bonds. The quantitative estimate of drug-likeness (QED) is 0.750. The highest BCUT2D eigenvalue weighted by Gasteiger charge is 2.38. The molecule has 0 bridgehead atoms. The van der Waals surface area contributed by atoms with Crippen LogP contribution < -0.4 is 0 Å². The van der Waals surface area contributed by atoms with E-state index >= 15 is 0 Å². The zero-order valence-corrected chi connectivity index (χ0v) is 13.7. The lowest BCUT2D eigenvalue weighted by molar-refractivity contribution is 0.104. The molecule has 0 unspecified atom stereocenters. The molecule has 0 N–H and O–H groups in total. The summed E-state index contributed by atoms with van der Waals surface area (Å²) in [5.41, 5.74) is 4.14. The van der Waals surface area contributed by atoms with Gasteiger partial charge in [-0.25, -0.2) is 0 Å². The number of rotatable bonds is 3. The van der Waals surface area contributed by atoms with Crippen molar-refractivity contribution in [3.05, 3.63) is 101 Å². The zero-order chi connectivity index (χ0) is 16.4. The molecular weight excluding hydrogens is 318 g/mol. The number of nitrogens with zero attached hydrogens (tertiary/aromatic N) is 1. The minimum atomic E-state index is -0.0586. The topological polar surface area (TPSA) is 21.6 Å². The molecule has 2 aromatic rings. The fourth-order valence-electron chi connectivity index (χ4n) is 3.04. The first kappa shape index (κ1) is 15.0. The molecule has 0 spiro atoms. The highest BCUT2D eigenvalue weighted by atomic mass is 35.5. The maximum absolute atomic E-state index is 6.30. The van der Waals surface area contributed by atoms with Gasteiger partial charge in [-0.05, 0) is 17.2 Å². The summed E-state index contributed by atoms with van der Waals surface area (Å²) in [4.78, 5) is 5.68. The van der Waals surface area contributed by atoms with Crippen LogP contribution in [0, 0.1) is 5.92 Å². The number of hydrogen-bond acceptors (Lipinski definition) is 2. The average Bonchev–Trinajstić information content (AvgIpc) is 3.19. The van der Waals surface area contributed by atoms with Crippen LogP contribution in [-0.4, -0.2) is 11.8 Å². The van der Waals surface area contributed by atoms with Crippen LogP contribution in [0.5, 0.6) is 0 Å². The highest BCUT2D eigenvalue weighted by Crippen LogP contribution is 2.36. The first-order valence-corrected chi connectivity index (χ1v) is 8.31. The largest absolute Gasteiger partial charge is 0.386 e. The molecule has 0 aromatic heterocycles. The van der Waals surface area contributed by atoms with Gasteiger partial charge in [0, 0.05) is 10.6 Å². The van der Waals surface area contributed by atoms with Gasteiger partial charge in [-0.1, -0.05) is 95.7 Å². The Labute approximate surface area is 146 Å². The zero-order valence-electron chi connectivity index (χ0n) is 13.0. The van der Waals surface area contributed by atoms with Crippen LogP contribution in [0.2, 0.25) is 5.02 Å². The summed E-state index contributed by atoms with van der Waals surface area (Å²) in [7, 11) is 0. The average molecular weight is 334 g/mol. The Bertz CT molecular complexity index is 864. The number of fused-ring (bicyclic) bond motifs is 1. The van der Waals surface area contributed by atoms with E-state index in [0.717, 1.165) is 16.8 Å². The maximum atomic E-state index is 6.30. The van der Waals surface area contributed by atoms with Gasteiger partial charge in [-0.2, -0.15) is 0 Å². The fraction of sp³-hybridized carbons (Fsp3) is 0.0952. The second kappa shape index (κ2) is 6.50. The molecule has 3 heteroatoms. The van der Waals surface area contributed by atoms with E-state index in [2.05, 4.69) is 41.6 Å². The highest BCUT2D eigenvalue weighted by molar-refractivity contribution is 6.34. The van der Waals surface area contributed by atoms with Gasteiger partial charge in [0.15, 0.2) is 6.10 Å². The lowest BCUT2D eigenvalue weighted by Crippen LogP contribution is -2.19. The molecule has 4 rings (SSSR count). The Hall–Kier alpha value is -2.58. The molecular formula is C21H16ClNO. The lowest BCUT2D eigenvalue weighted by atomic mass is 9.94. The normalized spacial score (nSPS) is 23.5. The predicted octanol–water partition coefficient (Wildman–Crippen LogP) is 5.27. The van der Waals surface area contributed by atoms with Gasteiger partial charge in [-0.15, -0.1) is 0 Å². The molecule has 2 nitrogen and oxygen atoms in total. The van der Waals surface area contributed by atoms with E-state index in [-0.39, 0.29) is 12.0 Å². The number of oxime groups is 1. The van der Waals surface area contributed by atoms with E-state index in [0.29, 0.717) is 5.02 Å². The summed E-state index contributed by atoms with van der Waals surface area (Å²) < 4.78 is 0.